The highest BCUT2D eigenvalue weighted by atomic mass is 35.5. The first-order valence-electron chi connectivity index (χ1n) is 6.41. The van der Waals surface area contributed by atoms with E-state index in [0.29, 0.717) is 10.6 Å². The van der Waals surface area contributed by atoms with E-state index < -0.39 is 11.9 Å². The zero-order valence-electron chi connectivity index (χ0n) is 11.6. The molecule has 0 bridgehead atoms. The minimum atomic E-state index is -0.913. The van der Waals surface area contributed by atoms with Gasteiger partial charge in [0.15, 0.2) is 0 Å². The Morgan fingerprint density at radius 3 is 2.52 bits per heavy atom. The van der Waals surface area contributed by atoms with E-state index >= 15 is 0 Å². The highest BCUT2D eigenvalue weighted by molar-refractivity contribution is 6.33. The normalized spacial score (nSPS) is 11.5. The molecule has 0 spiro atoms. The molecule has 0 aliphatic heterocycles. The second kappa shape index (κ2) is 8.26. The van der Waals surface area contributed by atoms with Crippen LogP contribution in [0.2, 0.25) is 5.02 Å². The SMILES string of the molecule is CC(CNC(=O)CNC(=O)c1ccccc1Cl)CC(=O)O. The summed E-state index contributed by atoms with van der Waals surface area (Å²) in [7, 11) is 0. The first-order valence-corrected chi connectivity index (χ1v) is 6.79. The third-order valence-electron chi connectivity index (χ3n) is 2.70. The first-order chi connectivity index (χ1) is 9.90. The van der Waals surface area contributed by atoms with Gasteiger partial charge < -0.3 is 15.7 Å². The fourth-order valence-electron chi connectivity index (χ4n) is 1.62. The molecule has 2 amide bonds. The lowest BCUT2D eigenvalue weighted by Crippen LogP contribution is -2.38. The molecule has 3 N–H and O–H groups in total. The van der Waals surface area contributed by atoms with E-state index in [9.17, 15) is 14.4 Å². The van der Waals surface area contributed by atoms with E-state index in [1.807, 2.05) is 0 Å². The number of carboxylic acids is 1. The zero-order chi connectivity index (χ0) is 15.8. The van der Waals surface area contributed by atoms with Crippen LogP contribution in [0.25, 0.3) is 0 Å². The average molecular weight is 313 g/mol. The van der Waals surface area contributed by atoms with Gasteiger partial charge in [-0.05, 0) is 18.1 Å². The molecule has 1 aromatic carbocycles. The van der Waals surface area contributed by atoms with Crippen molar-refractivity contribution in [3.63, 3.8) is 0 Å². The van der Waals surface area contributed by atoms with E-state index in [2.05, 4.69) is 10.6 Å². The molecule has 1 aromatic rings. The fraction of sp³-hybridized carbons (Fsp3) is 0.357. The van der Waals surface area contributed by atoms with Crippen molar-refractivity contribution in [1.82, 2.24) is 10.6 Å². The molecule has 7 heteroatoms. The van der Waals surface area contributed by atoms with Crippen LogP contribution in [0.4, 0.5) is 0 Å². The van der Waals surface area contributed by atoms with Gasteiger partial charge in [-0.1, -0.05) is 30.7 Å². The Hall–Kier alpha value is -2.08. The number of hydrogen-bond donors (Lipinski definition) is 3. The quantitative estimate of drug-likeness (QED) is 0.707. The number of carboxylic acid groups (broad SMARTS) is 1. The predicted molar refractivity (Wildman–Crippen MR) is 78.2 cm³/mol. The van der Waals surface area contributed by atoms with E-state index in [1.165, 1.54) is 0 Å². The van der Waals surface area contributed by atoms with Crippen molar-refractivity contribution in [1.29, 1.82) is 0 Å². The van der Waals surface area contributed by atoms with Crippen LogP contribution in [0.15, 0.2) is 24.3 Å². The summed E-state index contributed by atoms with van der Waals surface area (Å²) in [6, 6.07) is 6.53. The van der Waals surface area contributed by atoms with E-state index in [-0.39, 0.29) is 31.3 Å². The molecule has 1 unspecified atom stereocenters. The Labute approximate surface area is 127 Å². The Morgan fingerprint density at radius 1 is 1.24 bits per heavy atom. The zero-order valence-corrected chi connectivity index (χ0v) is 12.3. The molecule has 1 atom stereocenters. The van der Waals surface area contributed by atoms with Crippen LogP contribution in [-0.4, -0.2) is 36.0 Å². The van der Waals surface area contributed by atoms with Gasteiger partial charge in [-0.25, -0.2) is 0 Å². The van der Waals surface area contributed by atoms with Crippen molar-refractivity contribution in [2.75, 3.05) is 13.1 Å². The summed E-state index contributed by atoms with van der Waals surface area (Å²) < 4.78 is 0. The third-order valence-corrected chi connectivity index (χ3v) is 3.03. The van der Waals surface area contributed by atoms with Crippen LogP contribution in [0.3, 0.4) is 0 Å². The molecular formula is C14H17ClN2O4. The standard InChI is InChI=1S/C14H17ClN2O4/c1-9(6-13(19)20)7-16-12(18)8-17-14(21)10-4-2-3-5-11(10)15/h2-5,9H,6-8H2,1H3,(H,16,18)(H,17,21)(H,19,20). The maximum absolute atomic E-state index is 11.8. The van der Waals surface area contributed by atoms with Gasteiger partial charge in [0.1, 0.15) is 0 Å². The van der Waals surface area contributed by atoms with Crippen molar-refractivity contribution in [2.45, 2.75) is 13.3 Å². The Morgan fingerprint density at radius 2 is 1.90 bits per heavy atom. The number of halogens is 1. The van der Waals surface area contributed by atoms with Crippen LogP contribution in [0.1, 0.15) is 23.7 Å². The van der Waals surface area contributed by atoms with Gasteiger partial charge in [0.2, 0.25) is 5.91 Å². The van der Waals surface area contributed by atoms with Gasteiger partial charge in [0.05, 0.1) is 17.1 Å². The van der Waals surface area contributed by atoms with Gasteiger partial charge in [0.25, 0.3) is 5.91 Å². The number of benzene rings is 1. The van der Waals surface area contributed by atoms with Crippen LogP contribution >= 0.6 is 11.6 Å². The molecule has 0 aromatic heterocycles. The molecule has 0 heterocycles. The van der Waals surface area contributed by atoms with E-state index in [4.69, 9.17) is 16.7 Å². The minimum Gasteiger partial charge on any atom is -0.481 e. The molecule has 0 radical (unpaired) electrons. The van der Waals surface area contributed by atoms with Crippen LogP contribution in [0, 0.1) is 5.92 Å². The predicted octanol–water partition coefficient (Wildman–Crippen LogP) is 1.30. The molecule has 1 rings (SSSR count). The van der Waals surface area contributed by atoms with Gasteiger partial charge in [0, 0.05) is 13.0 Å². The fourth-order valence-corrected chi connectivity index (χ4v) is 1.84. The molecule has 0 saturated carbocycles. The molecule has 0 aliphatic carbocycles. The summed E-state index contributed by atoms with van der Waals surface area (Å²) in [6.07, 6.45) is -0.0216. The van der Waals surface area contributed by atoms with Crippen molar-refractivity contribution in [2.24, 2.45) is 5.92 Å². The molecule has 0 fully saturated rings. The molecule has 6 nitrogen and oxygen atoms in total. The van der Waals surface area contributed by atoms with Crippen LogP contribution < -0.4 is 10.6 Å². The molecule has 21 heavy (non-hydrogen) atoms. The maximum atomic E-state index is 11.8. The number of aliphatic carboxylic acids is 1. The maximum Gasteiger partial charge on any atom is 0.303 e. The van der Waals surface area contributed by atoms with Gasteiger partial charge in [-0.15, -0.1) is 0 Å². The number of carbonyl (C=O) groups is 3. The second-order valence-electron chi connectivity index (χ2n) is 4.67. The number of carbonyl (C=O) groups excluding carboxylic acids is 2. The Bertz CT molecular complexity index is 533. The highest BCUT2D eigenvalue weighted by Crippen LogP contribution is 2.14. The van der Waals surface area contributed by atoms with Crippen molar-refractivity contribution < 1.29 is 19.5 Å². The number of rotatable bonds is 7. The van der Waals surface area contributed by atoms with Crippen LogP contribution in [-0.2, 0) is 9.59 Å². The van der Waals surface area contributed by atoms with Gasteiger partial charge in [-0.2, -0.15) is 0 Å². The summed E-state index contributed by atoms with van der Waals surface area (Å²) in [5.41, 5.74) is 0.297. The topological polar surface area (TPSA) is 95.5 Å². The highest BCUT2D eigenvalue weighted by Gasteiger charge is 2.12. The summed E-state index contributed by atoms with van der Waals surface area (Å²) in [5.74, 6) is -1.91. The van der Waals surface area contributed by atoms with Crippen molar-refractivity contribution in [3.05, 3.63) is 34.9 Å². The molecule has 0 aliphatic rings. The lowest BCUT2D eigenvalue weighted by Gasteiger charge is -2.11. The summed E-state index contributed by atoms with van der Waals surface area (Å²) in [4.78, 5) is 33.8. The Balaban J connectivity index is 2.35. The van der Waals surface area contributed by atoms with Gasteiger partial charge >= 0.3 is 5.97 Å². The van der Waals surface area contributed by atoms with Gasteiger partial charge in [-0.3, -0.25) is 14.4 Å². The average Bonchev–Trinajstić information content (AvgIpc) is 2.42. The summed E-state index contributed by atoms with van der Waals surface area (Å²) in [5, 5.41) is 13.9. The van der Waals surface area contributed by atoms with E-state index in [1.54, 1.807) is 31.2 Å². The first kappa shape index (κ1) is 17.0. The monoisotopic (exact) mass is 312 g/mol. The van der Waals surface area contributed by atoms with E-state index in [0.717, 1.165) is 0 Å². The van der Waals surface area contributed by atoms with Crippen molar-refractivity contribution >= 4 is 29.4 Å². The molecule has 114 valence electrons. The smallest absolute Gasteiger partial charge is 0.303 e. The number of hydrogen-bond acceptors (Lipinski definition) is 3. The lowest BCUT2D eigenvalue weighted by molar-refractivity contribution is -0.138. The lowest BCUT2D eigenvalue weighted by atomic mass is 10.1. The number of amides is 2. The summed E-state index contributed by atoms with van der Waals surface area (Å²) >= 11 is 5.87. The largest absolute Gasteiger partial charge is 0.481 e. The second-order valence-corrected chi connectivity index (χ2v) is 5.08. The van der Waals surface area contributed by atoms with Crippen LogP contribution in [0.5, 0.6) is 0 Å². The Kier molecular flexibility index (Phi) is 6.68. The number of nitrogens with one attached hydrogen (secondary N) is 2. The molecule has 0 saturated heterocycles. The van der Waals surface area contributed by atoms with Crippen molar-refractivity contribution in [3.8, 4) is 0 Å². The minimum absolute atomic E-state index is 0.0216. The molecular weight excluding hydrogens is 296 g/mol. The third kappa shape index (κ3) is 6.27. The summed E-state index contributed by atoms with van der Waals surface area (Å²) in [6.45, 7) is 1.77.